The SMILES string of the molecule is O=C(Cc1cn2ccsc2n1)N1CCC2(CC1)C(O)CC2OCCO. The van der Waals surface area contributed by atoms with Gasteiger partial charge in [-0.2, -0.15) is 0 Å². The number of aliphatic hydroxyl groups is 2. The zero-order chi connectivity index (χ0) is 17.4. The first-order valence-corrected chi connectivity index (χ1v) is 9.60. The fraction of sp³-hybridized carbons (Fsp3) is 0.647. The minimum Gasteiger partial charge on any atom is -0.394 e. The van der Waals surface area contributed by atoms with Gasteiger partial charge < -0.3 is 19.8 Å². The van der Waals surface area contributed by atoms with E-state index in [0.717, 1.165) is 23.5 Å². The number of carbonyl (C=O) groups is 1. The van der Waals surface area contributed by atoms with Gasteiger partial charge in [-0.25, -0.2) is 4.98 Å². The number of thiazole rings is 1. The highest BCUT2D eigenvalue weighted by atomic mass is 32.1. The highest BCUT2D eigenvalue weighted by Gasteiger charge is 2.56. The van der Waals surface area contributed by atoms with Crippen LogP contribution < -0.4 is 0 Å². The summed E-state index contributed by atoms with van der Waals surface area (Å²) in [6.07, 6.45) is 5.90. The topological polar surface area (TPSA) is 87.3 Å². The van der Waals surface area contributed by atoms with E-state index in [9.17, 15) is 9.90 Å². The molecule has 1 spiro atoms. The largest absolute Gasteiger partial charge is 0.394 e. The molecular formula is C17H23N3O4S. The molecule has 0 bridgehead atoms. The molecule has 1 saturated carbocycles. The first-order chi connectivity index (χ1) is 12.1. The average Bonchev–Trinajstić information content (AvgIpc) is 3.20. The van der Waals surface area contributed by atoms with Gasteiger partial charge in [0.05, 0.1) is 37.5 Å². The smallest absolute Gasteiger partial charge is 0.228 e. The van der Waals surface area contributed by atoms with Gasteiger partial charge in [-0.05, 0) is 12.8 Å². The number of carbonyl (C=O) groups excluding carboxylic acids is 1. The Bertz CT molecular complexity index is 721. The van der Waals surface area contributed by atoms with Gasteiger partial charge in [0.15, 0.2) is 4.96 Å². The van der Waals surface area contributed by atoms with Crippen molar-refractivity contribution >= 4 is 22.2 Å². The van der Waals surface area contributed by atoms with Crippen LogP contribution in [0.3, 0.4) is 0 Å². The Kier molecular flexibility index (Phi) is 4.53. The molecule has 136 valence electrons. The van der Waals surface area contributed by atoms with E-state index >= 15 is 0 Å². The lowest BCUT2D eigenvalue weighted by atomic mass is 9.58. The lowest BCUT2D eigenvalue weighted by Gasteiger charge is -2.56. The van der Waals surface area contributed by atoms with Gasteiger partial charge >= 0.3 is 0 Å². The fourth-order valence-corrected chi connectivity index (χ4v) is 4.83. The van der Waals surface area contributed by atoms with Crippen molar-refractivity contribution in [3.8, 4) is 0 Å². The molecule has 0 radical (unpaired) electrons. The molecule has 25 heavy (non-hydrogen) atoms. The molecule has 7 nitrogen and oxygen atoms in total. The molecule has 1 saturated heterocycles. The Balaban J connectivity index is 1.34. The number of hydrogen-bond donors (Lipinski definition) is 2. The molecule has 3 heterocycles. The summed E-state index contributed by atoms with van der Waals surface area (Å²) in [4.78, 5) is 19.8. The van der Waals surface area contributed by atoms with Crippen molar-refractivity contribution in [2.24, 2.45) is 5.41 Å². The minimum atomic E-state index is -0.367. The van der Waals surface area contributed by atoms with Crippen LogP contribution >= 0.6 is 11.3 Å². The summed E-state index contributed by atoms with van der Waals surface area (Å²) in [6.45, 7) is 1.57. The van der Waals surface area contributed by atoms with Gasteiger partial charge in [-0.15, -0.1) is 11.3 Å². The van der Waals surface area contributed by atoms with E-state index in [4.69, 9.17) is 9.84 Å². The van der Waals surface area contributed by atoms with Crippen LogP contribution in [-0.4, -0.2) is 68.9 Å². The van der Waals surface area contributed by atoms with E-state index in [1.54, 1.807) is 11.3 Å². The van der Waals surface area contributed by atoms with Crippen LogP contribution in [0.2, 0.25) is 0 Å². The molecule has 8 heteroatoms. The molecule has 2 N–H and O–H groups in total. The Morgan fingerprint density at radius 1 is 1.44 bits per heavy atom. The van der Waals surface area contributed by atoms with E-state index in [0.29, 0.717) is 32.5 Å². The van der Waals surface area contributed by atoms with E-state index in [2.05, 4.69) is 4.98 Å². The summed E-state index contributed by atoms with van der Waals surface area (Å²) in [5, 5.41) is 21.2. The van der Waals surface area contributed by atoms with Gasteiger partial charge in [0.25, 0.3) is 0 Å². The fourth-order valence-electron chi connectivity index (χ4n) is 4.11. The molecule has 4 rings (SSSR count). The maximum atomic E-state index is 12.6. The Morgan fingerprint density at radius 2 is 2.24 bits per heavy atom. The number of rotatable bonds is 5. The molecule has 1 amide bonds. The van der Waals surface area contributed by atoms with Gasteiger partial charge in [0.1, 0.15) is 0 Å². The summed E-state index contributed by atoms with van der Waals surface area (Å²) in [6, 6.07) is 0. The maximum Gasteiger partial charge on any atom is 0.228 e. The van der Waals surface area contributed by atoms with Crippen LogP contribution in [0.5, 0.6) is 0 Å². The summed E-state index contributed by atoms with van der Waals surface area (Å²) in [5.41, 5.74) is 0.549. The van der Waals surface area contributed by atoms with Crippen molar-refractivity contribution in [3.63, 3.8) is 0 Å². The highest BCUT2D eigenvalue weighted by Crippen LogP contribution is 2.50. The molecule has 2 fully saturated rings. The van der Waals surface area contributed by atoms with Gasteiger partial charge in [0, 0.05) is 42.7 Å². The van der Waals surface area contributed by atoms with E-state index in [1.807, 2.05) is 27.1 Å². The molecule has 2 aliphatic rings. The third kappa shape index (κ3) is 2.97. The third-order valence-corrected chi connectivity index (χ3v) is 6.45. The number of ether oxygens (including phenoxy) is 1. The third-order valence-electron chi connectivity index (χ3n) is 5.68. The predicted molar refractivity (Wildman–Crippen MR) is 92.5 cm³/mol. The standard InChI is InChI=1S/C17H23N3O4S/c21-6-7-24-14-10-13(22)17(14)1-3-19(4-2-17)15(23)9-12-11-20-5-8-25-16(20)18-12/h5,8,11,13-14,21-22H,1-4,6-7,9-10H2. The summed E-state index contributed by atoms with van der Waals surface area (Å²) in [5.74, 6) is 0.0854. The summed E-state index contributed by atoms with van der Waals surface area (Å²) < 4.78 is 7.62. The monoisotopic (exact) mass is 365 g/mol. The van der Waals surface area contributed by atoms with Crippen LogP contribution in [0.4, 0.5) is 0 Å². The van der Waals surface area contributed by atoms with E-state index in [-0.39, 0.29) is 30.1 Å². The molecule has 2 atom stereocenters. The zero-order valence-electron chi connectivity index (χ0n) is 14.0. The van der Waals surface area contributed by atoms with Crippen molar-refractivity contribution in [3.05, 3.63) is 23.5 Å². The molecule has 2 aromatic rings. The van der Waals surface area contributed by atoms with Crippen molar-refractivity contribution in [1.29, 1.82) is 0 Å². The molecule has 2 unspecified atom stereocenters. The highest BCUT2D eigenvalue weighted by molar-refractivity contribution is 7.15. The molecule has 1 aliphatic carbocycles. The van der Waals surface area contributed by atoms with Crippen LogP contribution in [-0.2, 0) is 16.0 Å². The summed E-state index contributed by atoms with van der Waals surface area (Å²) in [7, 11) is 0. The number of imidazole rings is 1. The van der Waals surface area contributed by atoms with Crippen molar-refractivity contribution in [2.75, 3.05) is 26.3 Å². The Morgan fingerprint density at radius 3 is 2.92 bits per heavy atom. The first-order valence-electron chi connectivity index (χ1n) is 8.72. The molecule has 2 aromatic heterocycles. The lowest BCUT2D eigenvalue weighted by Crippen LogP contribution is -2.63. The number of aliphatic hydroxyl groups excluding tert-OH is 2. The normalized spacial score (nSPS) is 25.4. The van der Waals surface area contributed by atoms with Crippen molar-refractivity contribution in [1.82, 2.24) is 14.3 Å². The van der Waals surface area contributed by atoms with Crippen molar-refractivity contribution in [2.45, 2.75) is 37.9 Å². The second-order valence-corrected chi connectivity index (χ2v) is 7.82. The molecular weight excluding hydrogens is 342 g/mol. The number of fused-ring (bicyclic) bond motifs is 1. The van der Waals surface area contributed by atoms with Crippen LogP contribution in [0.1, 0.15) is 25.0 Å². The second-order valence-electron chi connectivity index (χ2n) is 6.95. The Hall–Kier alpha value is -1.48. The molecule has 0 aromatic carbocycles. The summed E-state index contributed by atoms with van der Waals surface area (Å²) >= 11 is 1.56. The van der Waals surface area contributed by atoms with Gasteiger partial charge in [0.2, 0.25) is 5.91 Å². The van der Waals surface area contributed by atoms with Gasteiger partial charge in [-0.1, -0.05) is 0 Å². The minimum absolute atomic E-state index is 0.00457. The zero-order valence-corrected chi connectivity index (χ0v) is 14.8. The molecule has 1 aliphatic heterocycles. The van der Waals surface area contributed by atoms with Crippen LogP contribution in [0.25, 0.3) is 4.96 Å². The predicted octanol–water partition coefficient (Wildman–Crippen LogP) is 0.689. The number of likely N-dealkylation sites (tertiary alicyclic amines) is 1. The van der Waals surface area contributed by atoms with E-state index < -0.39 is 0 Å². The van der Waals surface area contributed by atoms with Crippen LogP contribution in [0, 0.1) is 5.41 Å². The average molecular weight is 365 g/mol. The Labute approximate surface area is 149 Å². The number of hydrogen-bond acceptors (Lipinski definition) is 6. The van der Waals surface area contributed by atoms with Gasteiger partial charge in [-0.3, -0.25) is 9.20 Å². The second kappa shape index (κ2) is 6.68. The number of aromatic nitrogens is 2. The quantitative estimate of drug-likeness (QED) is 0.814. The number of amides is 1. The van der Waals surface area contributed by atoms with Crippen LogP contribution in [0.15, 0.2) is 17.8 Å². The maximum absolute atomic E-state index is 12.6. The lowest BCUT2D eigenvalue weighted by molar-refractivity contribution is -0.213. The van der Waals surface area contributed by atoms with E-state index in [1.165, 1.54) is 0 Å². The first kappa shape index (κ1) is 17.0. The number of piperidine rings is 1. The van der Waals surface area contributed by atoms with Crippen molar-refractivity contribution < 1.29 is 19.7 Å². The number of nitrogens with zero attached hydrogens (tertiary/aromatic N) is 3.